The standard InChI is InChI=1S/C31H30N2O4/c1-3-35-30-19-27(15-18-29(30)37-22-25-7-5-4-6-8-25)31(34)33-32-20-24-13-16-28(17-14-24)36-21-26-11-9-23(2)10-12-26/h4-20H,3,21-22H2,1-2H3,(H,33,34)/b32-20+. The maximum Gasteiger partial charge on any atom is 0.271 e. The monoisotopic (exact) mass is 494 g/mol. The van der Waals surface area contributed by atoms with Crippen molar-refractivity contribution in [3.05, 3.63) is 125 Å². The SMILES string of the molecule is CCOc1cc(C(=O)N/N=C/c2ccc(OCc3ccc(C)cc3)cc2)ccc1OCc1ccccc1. The third-order valence-corrected chi connectivity index (χ3v) is 5.53. The second-order valence-electron chi connectivity index (χ2n) is 8.41. The molecular formula is C31H30N2O4. The lowest BCUT2D eigenvalue weighted by atomic mass is 10.2. The van der Waals surface area contributed by atoms with E-state index in [-0.39, 0.29) is 5.91 Å². The summed E-state index contributed by atoms with van der Waals surface area (Å²) in [6.07, 6.45) is 1.59. The number of carbonyl (C=O) groups is 1. The molecule has 6 heteroatoms. The Morgan fingerprint density at radius 3 is 2.22 bits per heavy atom. The number of ether oxygens (including phenoxy) is 3. The molecular weight excluding hydrogens is 464 g/mol. The van der Waals surface area contributed by atoms with Crippen LogP contribution < -0.4 is 19.6 Å². The fourth-order valence-electron chi connectivity index (χ4n) is 3.50. The molecule has 6 nitrogen and oxygen atoms in total. The first-order valence-corrected chi connectivity index (χ1v) is 12.2. The first kappa shape index (κ1) is 25.5. The Morgan fingerprint density at radius 2 is 1.49 bits per heavy atom. The molecule has 0 heterocycles. The fourth-order valence-corrected chi connectivity index (χ4v) is 3.50. The number of hydrogen-bond donors (Lipinski definition) is 1. The van der Waals surface area contributed by atoms with Crippen molar-refractivity contribution in [1.29, 1.82) is 0 Å². The molecule has 4 rings (SSSR count). The lowest BCUT2D eigenvalue weighted by molar-refractivity contribution is 0.0954. The number of carbonyl (C=O) groups excluding carboxylic acids is 1. The Labute approximate surface area is 217 Å². The van der Waals surface area contributed by atoms with Gasteiger partial charge in [0.1, 0.15) is 19.0 Å². The van der Waals surface area contributed by atoms with Crippen LogP contribution in [0.5, 0.6) is 17.2 Å². The third kappa shape index (κ3) is 7.70. The number of hydrogen-bond acceptors (Lipinski definition) is 5. The van der Waals surface area contributed by atoms with Crippen LogP contribution in [0, 0.1) is 6.92 Å². The van der Waals surface area contributed by atoms with Gasteiger partial charge in [-0.2, -0.15) is 5.10 Å². The summed E-state index contributed by atoms with van der Waals surface area (Å²) >= 11 is 0. The molecule has 0 fully saturated rings. The second-order valence-corrected chi connectivity index (χ2v) is 8.41. The lowest BCUT2D eigenvalue weighted by Gasteiger charge is -2.13. The van der Waals surface area contributed by atoms with Crippen LogP contribution in [0.1, 0.15) is 39.5 Å². The van der Waals surface area contributed by atoms with Crippen LogP contribution in [0.2, 0.25) is 0 Å². The Morgan fingerprint density at radius 1 is 0.784 bits per heavy atom. The van der Waals surface area contributed by atoms with Gasteiger partial charge in [-0.3, -0.25) is 4.79 Å². The van der Waals surface area contributed by atoms with Crippen molar-refractivity contribution in [3.63, 3.8) is 0 Å². The van der Waals surface area contributed by atoms with E-state index in [1.807, 2.05) is 61.5 Å². The van der Waals surface area contributed by atoms with Gasteiger partial charge in [0, 0.05) is 5.56 Å². The number of rotatable bonds is 11. The summed E-state index contributed by atoms with van der Waals surface area (Å²) in [5.41, 5.74) is 7.20. The van der Waals surface area contributed by atoms with Gasteiger partial charge in [-0.25, -0.2) is 5.43 Å². The van der Waals surface area contributed by atoms with Gasteiger partial charge in [0.05, 0.1) is 12.8 Å². The van der Waals surface area contributed by atoms with E-state index < -0.39 is 0 Å². The first-order valence-electron chi connectivity index (χ1n) is 12.2. The zero-order valence-electron chi connectivity index (χ0n) is 21.0. The topological polar surface area (TPSA) is 69.2 Å². The maximum atomic E-state index is 12.6. The van der Waals surface area contributed by atoms with Crippen molar-refractivity contribution in [2.24, 2.45) is 5.10 Å². The minimum atomic E-state index is -0.343. The quantitative estimate of drug-likeness (QED) is 0.196. The molecule has 0 aliphatic heterocycles. The molecule has 1 amide bonds. The van der Waals surface area contributed by atoms with Crippen molar-refractivity contribution in [3.8, 4) is 17.2 Å². The van der Waals surface area contributed by atoms with Crippen LogP contribution in [-0.4, -0.2) is 18.7 Å². The summed E-state index contributed by atoms with van der Waals surface area (Å²) in [5.74, 6) is 1.51. The smallest absolute Gasteiger partial charge is 0.271 e. The predicted molar refractivity (Wildman–Crippen MR) is 145 cm³/mol. The van der Waals surface area contributed by atoms with Gasteiger partial charge in [0.2, 0.25) is 0 Å². The van der Waals surface area contributed by atoms with Gasteiger partial charge >= 0.3 is 0 Å². The molecule has 0 aromatic heterocycles. The Balaban J connectivity index is 1.31. The van der Waals surface area contributed by atoms with Gasteiger partial charge in [-0.1, -0.05) is 60.2 Å². The van der Waals surface area contributed by atoms with Crippen LogP contribution >= 0.6 is 0 Å². The van der Waals surface area contributed by atoms with Crippen LogP contribution in [0.25, 0.3) is 0 Å². The molecule has 0 bridgehead atoms. The van der Waals surface area contributed by atoms with Crippen LogP contribution in [-0.2, 0) is 13.2 Å². The number of amides is 1. The average Bonchev–Trinajstić information content (AvgIpc) is 2.93. The van der Waals surface area contributed by atoms with E-state index in [4.69, 9.17) is 14.2 Å². The van der Waals surface area contributed by atoms with Gasteiger partial charge < -0.3 is 14.2 Å². The normalized spacial score (nSPS) is 10.8. The molecule has 188 valence electrons. The largest absolute Gasteiger partial charge is 0.490 e. The Bertz CT molecular complexity index is 1320. The van der Waals surface area contributed by atoms with E-state index >= 15 is 0 Å². The molecule has 0 saturated carbocycles. The molecule has 0 aliphatic carbocycles. The van der Waals surface area contributed by atoms with Gasteiger partial charge in [-0.05, 0) is 73.0 Å². The Kier molecular flexibility index (Phi) is 8.92. The molecule has 0 radical (unpaired) electrons. The van der Waals surface area contributed by atoms with Crippen molar-refractivity contribution in [2.45, 2.75) is 27.1 Å². The highest BCUT2D eigenvalue weighted by atomic mass is 16.5. The van der Waals surface area contributed by atoms with E-state index in [9.17, 15) is 4.79 Å². The van der Waals surface area contributed by atoms with Gasteiger partial charge in [0.15, 0.2) is 11.5 Å². The summed E-state index contributed by atoms with van der Waals surface area (Å²) in [6.45, 7) is 5.31. The average molecular weight is 495 g/mol. The van der Waals surface area contributed by atoms with Crippen LogP contribution in [0.3, 0.4) is 0 Å². The summed E-state index contributed by atoms with van der Waals surface area (Å²) in [5, 5.41) is 4.09. The lowest BCUT2D eigenvalue weighted by Crippen LogP contribution is -2.17. The second kappa shape index (κ2) is 12.9. The van der Waals surface area contributed by atoms with Crippen LogP contribution in [0.15, 0.2) is 102 Å². The summed E-state index contributed by atoms with van der Waals surface area (Å²) in [6, 6.07) is 30.7. The van der Waals surface area contributed by atoms with Crippen molar-refractivity contribution >= 4 is 12.1 Å². The predicted octanol–water partition coefficient (Wildman–Crippen LogP) is 6.32. The van der Waals surface area contributed by atoms with E-state index in [2.05, 4.69) is 41.7 Å². The minimum absolute atomic E-state index is 0.343. The highest BCUT2D eigenvalue weighted by Gasteiger charge is 2.11. The molecule has 0 saturated heterocycles. The van der Waals surface area contributed by atoms with Crippen molar-refractivity contribution in [2.75, 3.05) is 6.61 Å². The number of nitrogens with one attached hydrogen (secondary N) is 1. The summed E-state index contributed by atoms with van der Waals surface area (Å²) in [7, 11) is 0. The molecule has 0 aliphatic rings. The van der Waals surface area contributed by atoms with E-state index in [1.165, 1.54) is 5.56 Å². The number of hydrazone groups is 1. The first-order chi connectivity index (χ1) is 18.1. The number of nitrogens with zero attached hydrogens (tertiary/aromatic N) is 1. The minimum Gasteiger partial charge on any atom is -0.490 e. The zero-order valence-corrected chi connectivity index (χ0v) is 21.0. The van der Waals surface area contributed by atoms with E-state index in [0.29, 0.717) is 36.9 Å². The highest BCUT2D eigenvalue weighted by Crippen LogP contribution is 2.29. The summed E-state index contributed by atoms with van der Waals surface area (Å²) in [4.78, 5) is 12.6. The third-order valence-electron chi connectivity index (χ3n) is 5.53. The van der Waals surface area contributed by atoms with E-state index in [1.54, 1.807) is 24.4 Å². The summed E-state index contributed by atoms with van der Waals surface area (Å²) < 4.78 is 17.4. The molecule has 0 atom stereocenters. The van der Waals surface area contributed by atoms with Crippen molar-refractivity contribution in [1.82, 2.24) is 5.43 Å². The molecule has 4 aromatic rings. The van der Waals surface area contributed by atoms with Crippen molar-refractivity contribution < 1.29 is 19.0 Å². The number of aryl methyl sites for hydroxylation is 1. The van der Waals surface area contributed by atoms with E-state index in [0.717, 1.165) is 22.4 Å². The molecule has 1 N–H and O–H groups in total. The molecule has 0 spiro atoms. The van der Waals surface area contributed by atoms with Crippen LogP contribution in [0.4, 0.5) is 0 Å². The Hall–Kier alpha value is -4.58. The fraction of sp³-hybridized carbons (Fsp3) is 0.161. The molecule has 37 heavy (non-hydrogen) atoms. The maximum absolute atomic E-state index is 12.6. The molecule has 4 aromatic carbocycles. The van der Waals surface area contributed by atoms with Gasteiger partial charge in [-0.15, -0.1) is 0 Å². The highest BCUT2D eigenvalue weighted by molar-refractivity contribution is 5.95. The molecule has 0 unspecified atom stereocenters. The van der Waals surface area contributed by atoms with Gasteiger partial charge in [0.25, 0.3) is 5.91 Å². The zero-order chi connectivity index (χ0) is 25.9. The number of benzene rings is 4.